The summed E-state index contributed by atoms with van der Waals surface area (Å²) >= 11 is 3.41. The summed E-state index contributed by atoms with van der Waals surface area (Å²) in [5.74, 6) is 1.78. The molecule has 0 amide bonds. The van der Waals surface area contributed by atoms with E-state index < -0.39 is 0 Å². The van der Waals surface area contributed by atoms with Crippen LogP contribution in [0.4, 0.5) is 0 Å². The predicted octanol–water partition coefficient (Wildman–Crippen LogP) is 3.12. The summed E-state index contributed by atoms with van der Waals surface area (Å²) in [6.07, 6.45) is 3.66. The van der Waals surface area contributed by atoms with E-state index in [1.165, 1.54) is 12.8 Å². The molecule has 0 bridgehead atoms. The molecule has 1 aromatic rings. The van der Waals surface area contributed by atoms with Crippen molar-refractivity contribution in [1.82, 2.24) is 0 Å². The van der Waals surface area contributed by atoms with Gasteiger partial charge in [0, 0.05) is 17.3 Å². The van der Waals surface area contributed by atoms with Crippen LogP contribution in [0.3, 0.4) is 0 Å². The van der Waals surface area contributed by atoms with Crippen molar-refractivity contribution in [3.8, 4) is 5.75 Å². The van der Waals surface area contributed by atoms with Gasteiger partial charge in [-0.1, -0.05) is 22.0 Å². The number of fused-ring (bicyclic) bond motifs is 1. The van der Waals surface area contributed by atoms with Gasteiger partial charge in [0.2, 0.25) is 0 Å². The fourth-order valence-electron chi connectivity index (χ4n) is 2.12. The van der Waals surface area contributed by atoms with Crippen molar-refractivity contribution in [1.29, 1.82) is 0 Å². The number of Topliss-reactive ketones (excluding diaryl/α,β-unsaturated/α-hetero) is 1. The van der Waals surface area contributed by atoms with E-state index in [0.717, 1.165) is 22.2 Å². The molecule has 1 aliphatic heterocycles. The second-order valence-electron chi connectivity index (χ2n) is 4.68. The molecule has 0 spiro atoms. The van der Waals surface area contributed by atoms with E-state index >= 15 is 0 Å². The molecule has 0 saturated heterocycles. The van der Waals surface area contributed by atoms with Gasteiger partial charge < -0.3 is 4.74 Å². The molecule has 3 heteroatoms. The molecule has 2 aliphatic rings. The fourth-order valence-corrected chi connectivity index (χ4v) is 2.46. The first-order chi connectivity index (χ1) is 7.72. The van der Waals surface area contributed by atoms with E-state index in [-0.39, 0.29) is 11.9 Å². The molecular weight excluding hydrogens is 268 g/mol. The van der Waals surface area contributed by atoms with Gasteiger partial charge in [-0.2, -0.15) is 0 Å². The molecule has 0 radical (unpaired) electrons. The number of ketones is 1. The Morgan fingerprint density at radius 3 is 3.00 bits per heavy atom. The second kappa shape index (κ2) is 3.88. The van der Waals surface area contributed by atoms with E-state index in [1.54, 1.807) is 0 Å². The van der Waals surface area contributed by atoms with Crippen LogP contribution in [0.2, 0.25) is 0 Å². The van der Waals surface area contributed by atoms with E-state index in [1.807, 2.05) is 18.2 Å². The van der Waals surface area contributed by atoms with E-state index in [0.29, 0.717) is 12.3 Å². The zero-order valence-corrected chi connectivity index (χ0v) is 10.5. The maximum absolute atomic E-state index is 11.9. The van der Waals surface area contributed by atoms with Gasteiger partial charge in [-0.3, -0.25) is 4.79 Å². The van der Waals surface area contributed by atoms with Gasteiger partial charge >= 0.3 is 0 Å². The van der Waals surface area contributed by atoms with Crippen molar-refractivity contribution in [3.05, 3.63) is 28.2 Å². The van der Waals surface area contributed by atoms with Crippen LogP contribution < -0.4 is 4.74 Å². The van der Waals surface area contributed by atoms with Crippen molar-refractivity contribution in [2.75, 3.05) is 0 Å². The minimum atomic E-state index is -0.232. The number of carbonyl (C=O) groups excluding carboxylic acids is 1. The highest BCUT2D eigenvalue weighted by Gasteiger charge is 2.33. The van der Waals surface area contributed by atoms with Crippen LogP contribution in [-0.2, 0) is 11.2 Å². The lowest BCUT2D eigenvalue weighted by Crippen LogP contribution is -2.25. The molecule has 16 heavy (non-hydrogen) atoms. The van der Waals surface area contributed by atoms with Crippen molar-refractivity contribution in [3.63, 3.8) is 0 Å². The first-order valence-electron chi connectivity index (χ1n) is 5.70. The highest BCUT2D eigenvalue weighted by molar-refractivity contribution is 9.10. The minimum Gasteiger partial charge on any atom is -0.482 e. The number of benzene rings is 1. The summed E-state index contributed by atoms with van der Waals surface area (Å²) < 4.78 is 6.70. The number of ether oxygens (including phenoxy) is 1. The molecule has 1 fully saturated rings. The Hall–Kier alpha value is -0.830. The molecule has 1 atom stereocenters. The van der Waals surface area contributed by atoms with Gasteiger partial charge in [-0.05, 0) is 36.5 Å². The highest BCUT2D eigenvalue weighted by atomic mass is 79.9. The van der Waals surface area contributed by atoms with E-state index in [9.17, 15) is 4.79 Å². The average Bonchev–Trinajstić information content (AvgIpc) is 2.95. The van der Waals surface area contributed by atoms with Crippen LogP contribution in [0.25, 0.3) is 0 Å². The third kappa shape index (κ3) is 2.01. The van der Waals surface area contributed by atoms with Gasteiger partial charge in [0.15, 0.2) is 11.9 Å². The topological polar surface area (TPSA) is 26.3 Å². The van der Waals surface area contributed by atoms with Crippen LogP contribution in [0.15, 0.2) is 22.7 Å². The fraction of sp³-hybridized carbons (Fsp3) is 0.462. The Morgan fingerprint density at radius 2 is 2.25 bits per heavy atom. The van der Waals surface area contributed by atoms with E-state index in [4.69, 9.17) is 4.74 Å². The summed E-state index contributed by atoms with van der Waals surface area (Å²) in [4.78, 5) is 11.9. The maximum atomic E-state index is 11.9. The molecule has 1 aliphatic carbocycles. The van der Waals surface area contributed by atoms with Gasteiger partial charge in [0.25, 0.3) is 0 Å². The Morgan fingerprint density at radius 1 is 1.44 bits per heavy atom. The summed E-state index contributed by atoms with van der Waals surface area (Å²) in [6.45, 7) is 0. The zero-order chi connectivity index (χ0) is 11.1. The first kappa shape index (κ1) is 10.3. The van der Waals surface area contributed by atoms with Crippen molar-refractivity contribution in [2.45, 2.75) is 31.8 Å². The number of halogens is 1. The zero-order valence-electron chi connectivity index (χ0n) is 8.91. The average molecular weight is 281 g/mol. The SMILES string of the molecule is O=C(CC1CC1)C1Cc2ccc(Br)cc2O1. The highest BCUT2D eigenvalue weighted by Crippen LogP contribution is 2.36. The van der Waals surface area contributed by atoms with Crippen LogP contribution in [-0.4, -0.2) is 11.9 Å². The Kier molecular flexibility index (Phi) is 2.51. The lowest BCUT2D eigenvalue weighted by molar-refractivity contribution is -0.125. The second-order valence-corrected chi connectivity index (χ2v) is 5.59. The van der Waals surface area contributed by atoms with Crippen molar-refractivity contribution >= 4 is 21.7 Å². The number of hydrogen-bond acceptors (Lipinski definition) is 2. The molecule has 2 nitrogen and oxygen atoms in total. The minimum absolute atomic E-state index is 0.232. The smallest absolute Gasteiger partial charge is 0.173 e. The third-order valence-corrected chi connectivity index (χ3v) is 3.74. The molecule has 0 N–H and O–H groups in total. The lowest BCUT2D eigenvalue weighted by atomic mass is 10.0. The molecular formula is C13H13BrO2. The van der Waals surface area contributed by atoms with Crippen LogP contribution in [0, 0.1) is 5.92 Å². The molecule has 1 saturated carbocycles. The van der Waals surface area contributed by atoms with Crippen molar-refractivity contribution in [2.24, 2.45) is 5.92 Å². The first-order valence-corrected chi connectivity index (χ1v) is 6.49. The predicted molar refractivity (Wildman–Crippen MR) is 64.6 cm³/mol. The summed E-state index contributed by atoms with van der Waals surface area (Å²) in [7, 11) is 0. The molecule has 3 rings (SSSR count). The summed E-state index contributed by atoms with van der Waals surface area (Å²) in [5.41, 5.74) is 1.15. The summed E-state index contributed by atoms with van der Waals surface area (Å²) in [6, 6.07) is 5.97. The molecule has 84 valence electrons. The maximum Gasteiger partial charge on any atom is 0.173 e. The van der Waals surface area contributed by atoms with Gasteiger partial charge in [0.05, 0.1) is 0 Å². The Bertz CT molecular complexity index is 438. The normalized spacial score (nSPS) is 22.7. The van der Waals surface area contributed by atoms with Crippen molar-refractivity contribution < 1.29 is 9.53 Å². The van der Waals surface area contributed by atoms with Gasteiger partial charge in [0.1, 0.15) is 5.75 Å². The Labute approximate surface area is 103 Å². The molecule has 1 aromatic carbocycles. The quantitative estimate of drug-likeness (QED) is 0.851. The van der Waals surface area contributed by atoms with Crippen LogP contribution in [0.1, 0.15) is 24.8 Å². The number of hydrogen-bond donors (Lipinski definition) is 0. The Balaban J connectivity index is 1.71. The lowest BCUT2D eigenvalue weighted by Gasteiger charge is -2.08. The number of rotatable bonds is 3. The molecule has 1 heterocycles. The van der Waals surface area contributed by atoms with Crippen LogP contribution >= 0.6 is 15.9 Å². The van der Waals surface area contributed by atoms with Crippen LogP contribution in [0.5, 0.6) is 5.75 Å². The third-order valence-electron chi connectivity index (χ3n) is 3.25. The monoisotopic (exact) mass is 280 g/mol. The van der Waals surface area contributed by atoms with E-state index in [2.05, 4.69) is 15.9 Å². The molecule has 0 aromatic heterocycles. The van der Waals surface area contributed by atoms with Gasteiger partial charge in [-0.15, -0.1) is 0 Å². The standard InChI is InChI=1S/C13H13BrO2/c14-10-4-3-9-6-13(16-12(9)7-10)11(15)5-8-1-2-8/h3-4,7-8,13H,1-2,5-6H2. The van der Waals surface area contributed by atoms with Gasteiger partial charge in [-0.25, -0.2) is 0 Å². The largest absolute Gasteiger partial charge is 0.482 e. The number of carbonyl (C=O) groups is 1. The summed E-state index contributed by atoms with van der Waals surface area (Å²) in [5, 5.41) is 0. The molecule has 1 unspecified atom stereocenters.